The van der Waals surface area contributed by atoms with Gasteiger partial charge in [0.2, 0.25) is 0 Å². The van der Waals surface area contributed by atoms with Crippen molar-refractivity contribution in [1.29, 1.82) is 0 Å². The molecule has 2 aromatic rings. The van der Waals surface area contributed by atoms with Gasteiger partial charge in [-0.3, -0.25) is 4.90 Å². The average molecular weight is 405 g/mol. The Hall–Kier alpha value is -1.56. The maximum atomic E-state index is 6.15. The number of hydrogen-bond donors (Lipinski definition) is 1. The normalized spacial score (nSPS) is 21.2. The van der Waals surface area contributed by atoms with Gasteiger partial charge in [0.1, 0.15) is 11.6 Å². The molecule has 0 spiro atoms. The summed E-state index contributed by atoms with van der Waals surface area (Å²) in [6, 6.07) is 8.97. The highest BCUT2D eigenvalue weighted by molar-refractivity contribution is 5.85. The number of aryl methyl sites for hydroxylation is 1. The van der Waals surface area contributed by atoms with Crippen molar-refractivity contribution in [2.24, 2.45) is 13.0 Å². The second-order valence-corrected chi connectivity index (χ2v) is 8.05. The molecule has 2 fully saturated rings. The summed E-state index contributed by atoms with van der Waals surface area (Å²) in [6.07, 6.45) is 10.7. The molecule has 6 heteroatoms. The first-order chi connectivity index (χ1) is 13.3. The van der Waals surface area contributed by atoms with E-state index in [0.29, 0.717) is 6.04 Å². The maximum Gasteiger partial charge on any atom is 0.127 e. The van der Waals surface area contributed by atoms with E-state index < -0.39 is 0 Å². The van der Waals surface area contributed by atoms with Gasteiger partial charge in [0, 0.05) is 45.6 Å². The van der Waals surface area contributed by atoms with Crippen molar-refractivity contribution < 1.29 is 4.74 Å². The van der Waals surface area contributed by atoms with Gasteiger partial charge in [0.15, 0.2) is 0 Å². The number of halogens is 1. The lowest BCUT2D eigenvalue weighted by molar-refractivity contribution is 0.144. The fraction of sp³-hybridized carbons (Fsp3) is 0.591. The van der Waals surface area contributed by atoms with Crippen molar-refractivity contribution in [1.82, 2.24) is 19.8 Å². The van der Waals surface area contributed by atoms with Crippen molar-refractivity contribution in [2.45, 2.75) is 44.7 Å². The lowest BCUT2D eigenvalue weighted by Gasteiger charge is -2.35. The van der Waals surface area contributed by atoms with Crippen molar-refractivity contribution in [2.75, 3.05) is 26.2 Å². The number of nitrogens with one attached hydrogen (secondary N) is 1. The molecule has 1 saturated carbocycles. The van der Waals surface area contributed by atoms with Gasteiger partial charge in [0.05, 0.1) is 12.6 Å². The molecule has 1 aliphatic carbocycles. The van der Waals surface area contributed by atoms with Gasteiger partial charge in [-0.25, -0.2) is 4.98 Å². The van der Waals surface area contributed by atoms with Gasteiger partial charge in [-0.2, -0.15) is 0 Å². The van der Waals surface area contributed by atoms with Crippen molar-refractivity contribution in [3.63, 3.8) is 0 Å². The Morgan fingerprint density at radius 3 is 2.86 bits per heavy atom. The van der Waals surface area contributed by atoms with Crippen LogP contribution in [0.15, 0.2) is 36.7 Å². The number of hydrogen-bond acceptors (Lipinski definition) is 4. The van der Waals surface area contributed by atoms with Crippen LogP contribution in [0.25, 0.3) is 0 Å². The fourth-order valence-electron chi connectivity index (χ4n) is 4.42. The summed E-state index contributed by atoms with van der Waals surface area (Å²) in [6.45, 7) is 4.80. The second-order valence-electron chi connectivity index (χ2n) is 8.05. The van der Waals surface area contributed by atoms with Gasteiger partial charge in [-0.15, -0.1) is 12.4 Å². The molecule has 1 aromatic carbocycles. The summed E-state index contributed by atoms with van der Waals surface area (Å²) >= 11 is 0. The number of piperazine rings is 1. The Morgan fingerprint density at radius 2 is 2.07 bits per heavy atom. The van der Waals surface area contributed by atoms with Crippen molar-refractivity contribution in [3.05, 3.63) is 48.0 Å². The third-order valence-corrected chi connectivity index (χ3v) is 6.01. The quantitative estimate of drug-likeness (QED) is 0.791. The molecule has 0 radical (unpaired) electrons. The average Bonchev–Trinajstić information content (AvgIpc) is 3.14. The Balaban J connectivity index is 0.00000225. The summed E-state index contributed by atoms with van der Waals surface area (Å²) in [4.78, 5) is 7.11. The van der Waals surface area contributed by atoms with E-state index in [-0.39, 0.29) is 12.4 Å². The first-order valence-electron chi connectivity index (χ1n) is 10.4. The third kappa shape index (κ3) is 5.28. The molecule has 1 saturated heterocycles. The van der Waals surface area contributed by atoms with E-state index in [1.165, 1.54) is 37.7 Å². The van der Waals surface area contributed by atoms with Crippen LogP contribution in [0.4, 0.5) is 0 Å². The van der Waals surface area contributed by atoms with Gasteiger partial charge < -0.3 is 14.6 Å². The molecular formula is C22H33ClN4O. The molecule has 1 N–H and O–H groups in total. The molecule has 2 aliphatic rings. The van der Waals surface area contributed by atoms with Gasteiger partial charge in [-0.1, -0.05) is 31.4 Å². The SMILES string of the molecule is Cl.Cn1ccnc1C1CNCCN1Cc1cccc(OCC2CCCCC2)c1. The van der Waals surface area contributed by atoms with Crippen LogP contribution >= 0.6 is 12.4 Å². The number of ether oxygens (including phenoxy) is 1. The highest BCUT2D eigenvalue weighted by Crippen LogP contribution is 2.26. The highest BCUT2D eigenvalue weighted by atomic mass is 35.5. The standard InChI is InChI=1S/C22H32N4O.ClH/c1-25-12-11-24-22(25)21-15-23-10-13-26(21)16-19-8-5-9-20(14-19)27-17-18-6-3-2-4-7-18;/h5,8-9,11-12,14,18,21,23H,2-4,6-7,10,13,15-17H2,1H3;1H. The summed E-state index contributed by atoms with van der Waals surface area (Å²) < 4.78 is 8.28. The molecule has 0 bridgehead atoms. The monoisotopic (exact) mass is 404 g/mol. The molecular weight excluding hydrogens is 372 g/mol. The lowest BCUT2D eigenvalue weighted by Crippen LogP contribution is -2.46. The van der Waals surface area contributed by atoms with Crippen LogP contribution in [-0.2, 0) is 13.6 Å². The Kier molecular flexibility index (Phi) is 7.77. The molecule has 1 aliphatic heterocycles. The zero-order valence-corrected chi connectivity index (χ0v) is 17.7. The van der Waals surface area contributed by atoms with E-state index in [1.807, 2.05) is 12.4 Å². The molecule has 28 heavy (non-hydrogen) atoms. The van der Waals surface area contributed by atoms with Crippen LogP contribution in [-0.4, -0.2) is 40.7 Å². The lowest BCUT2D eigenvalue weighted by atomic mass is 9.90. The van der Waals surface area contributed by atoms with E-state index in [2.05, 4.69) is 51.1 Å². The third-order valence-electron chi connectivity index (χ3n) is 6.01. The molecule has 1 aromatic heterocycles. The summed E-state index contributed by atoms with van der Waals surface area (Å²) in [5.74, 6) is 2.89. The molecule has 0 amide bonds. The Labute approximate surface area is 174 Å². The minimum Gasteiger partial charge on any atom is -0.493 e. The molecule has 4 rings (SSSR count). The minimum atomic E-state index is 0. The molecule has 154 valence electrons. The van der Waals surface area contributed by atoms with Crippen LogP contribution < -0.4 is 10.1 Å². The first kappa shape index (κ1) is 21.2. The maximum absolute atomic E-state index is 6.15. The second kappa shape index (κ2) is 10.3. The molecule has 1 atom stereocenters. The zero-order chi connectivity index (χ0) is 18.5. The number of aromatic nitrogens is 2. The summed E-state index contributed by atoms with van der Waals surface area (Å²) in [7, 11) is 2.08. The Morgan fingerprint density at radius 1 is 1.21 bits per heavy atom. The number of nitrogens with zero attached hydrogens (tertiary/aromatic N) is 3. The predicted octanol–water partition coefficient (Wildman–Crippen LogP) is 3.95. The minimum absolute atomic E-state index is 0. The van der Waals surface area contributed by atoms with Crippen LogP contribution in [0, 0.1) is 5.92 Å². The zero-order valence-electron chi connectivity index (χ0n) is 16.8. The van der Waals surface area contributed by atoms with Gasteiger partial charge in [-0.05, 0) is 36.5 Å². The largest absolute Gasteiger partial charge is 0.493 e. The van der Waals surface area contributed by atoms with Crippen LogP contribution in [0.1, 0.15) is 49.5 Å². The van der Waals surface area contributed by atoms with Gasteiger partial charge >= 0.3 is 0 Å². The summed E-state index contributed by atoms with van der Waals surface area (Å²) in [5.41, 5.74) is 1.32. The first-order valence-corrected chi connectivity index (χ1v) is 10.4. The van der Waals surface area contributed by atoms with Gasteiger partial charge in [0.25, 0.3) is 0 Å². The number of rotatable bonds is 6. The van der Waals surface area contributed by atoms with Crippen molar-refractivity contribution in [3.8, 4) is 5.75 Å². The fourth-order valence-corrected chi connectivity index (χ4v) is 4.42. The number of imidazole rings is 1. The Bertz CT molecular complexity index is 729. The van der Waals surface area contributed by atoms with Crippen molar-refractivity contribution >= 4 is 12.4 Å². The van der Waals surface area contributed by atoms with E-state index in [0.717, 1.165) is 50.3 Å². The van der Waals surface area contributed by atoms with Crippen LogP contribution in [0.5, 0.6) is 5.75 Å². The highest BCUT2D eigenvalue weighted by Gasteiger charge is 2.26. The predicted molar refractivity (Wildman–Crippen MR) is 115 cm³/mol. The topological polar surface area (TPSA) is 42.3 Å². The number of benzene rings is 1. The van der Waals surface area contributed by atoms with E-state index in [1.54, 1.807) is 0 Å². The smallest absolute Gasteiger partial charge is 0.127 e. The van der Waals surface area contributed by atoms with E-state index >= 15 is 0 Å². The van der Waals surface area contributed by atoms with Crippen LogP contribution in [0.3, 0.4) is 0 Å². The van der Waals surface area contributed by atoms with E-state index in [4.69, 9.17) is 4.74 Å². The van der Waals surface area contributed by atoms with E-state index in [9.17, 15) is 0 Å². The molecule has 5 nitrogen and oxygen atoms in total. The molecule has 1 unspecified atom stereocenters. The summed E-state index contributed by atoms with van der Waals surface area (Å²) in [5, 5.41) is 3.51. The van der Waals surface area contributed by atoms with Crippen LogP contribution in [0.2, 0.25) is 0 Å². The molecule has 2 heterocycles.